The summed E-state index contributed by atoms with van der Waals surface area (Å²) in [6.45, 7) is 0. The molecular formula is C16H10F6OS. The number of carbonyl (C=O) groups is 1. The Morgan fingerprint density at radius 2 is 1.33 bits per heavy atom. The van der Waals surface area contributed by atoms with E-state index in [1.807, 2.05) is 0 Å². The number of ketones is 1. The highest BCUT2D eigenvalue weighted by Crippen LogP contribution is 2.36. The van der Waals surface area contributed by atoms with E-state index in [-0.39, 0.29) is 11.8 Å². The molecule has 0 aliphatic heterocycles. The normalized spacial score (nSPS) is 12.2. The van der Waals surface area contributed by atoms with Crippen LogP contribution in [0.2, 0.25) is 0 Å². The molecule has 0 atom stereocenters. The molecular weight excluding hydrogens is 354 g/mol. The number of benzene rings is 2. The molecule has 0 heterocycles. The van der Waals surface area contributed by atoms with Crippen molar-refractivity contribution in [2.45, 2.75) is 17.2 Å². The van der Waals surface area contributed by atoms with Gasteiger partial charge in [0, 0.05) is 10.5 Å². The molecule has 2 aromatic carbocycles. The first kappa shape index (κ1) is 18.4. The van der Waals surface area contributed by atoms with Gasteiger partial charge in [-0.1, -0.05) is 18.2 Å². The molecule has 24 heavy (non-hydrogen) atoms. The second-order valence-corrected chi connectivity index (χ2v) is 5.87. The highest BCUT2D eigenvalue weighted by molar-refractivity contribution is 8.00. The number of hydrogen-bond acceptors (Lipinski definition) is 2. The Bertz CT molecular complexity index is 689. The SMILES string of the molecule is O=C(CSc1ccccc1)c1cc(C(F)(F)F)cc(C(F)(F)F)c1. The van der Waals surface area contributed by atoms with Gasteiger partial charge < -0.3 is 0 Å². The Balaban J connectivity index is 2.29. The van der Waals surface area contributed by atoms with E-state index in [1.54, 1.807) is 30.3 Å². The lowest BCUT2D eigenvalue weighted by Crippen LogP contribution is -2.14. The molecule has 128 valence electrons. The molecule has 0 aliphatic rings. The zero-order valence-electron chi connectivity index (χ0n) is 11.9. The van der Waals surface area contributed by atoms with Gasteiger partial charge in [-0.05, 0) is 30.3 Å². The monoisotopic (exact) mass is 364 g/mol. The zero-order valence-corrected chi connectivity index (χ0v) is 12.7. The summed E-state index contributed by atoms with van der Waals surface area (Å²) < 4.78 is 76.6. The molecule has 8 heteroatoms. The summed E-state index contributed by atoms with van der Waals surface area (Å²) >= 11 is 1.04. The fraction of sp³-hybridized carbons (Fsp3) is 0.188. The molecule has 0 aromatic heterocycles. The minimum Gasteiger partial charge on any atom is -0.293 e. The fourth-order valence-corrected chi connectivity index (χ4v) is 2.68. The molecule has 0 saturated heterocycles. The predicted octanol–water partition coefficient (Wildman–Crippen LogP) is 5.70. The summed E-state index contributed by atoms with van der Waals surface area (Å²) in [5.41, 5.74) is -3.60. The van der Waals surface area contributed by atoms with E-state index in [2.05, 4.69) is 0 Å². The van der Waals surface area contributed by atoms with Crippen LogP contribution < -0.4 is 0 Å². The number of Topliss-reactive ketones (excluding diaryl/α,β-unsaturated/α-hetero) is 1. The summed E-state index contributed by atoms with van der Waals surface area (Å²) in [7, 11) is 0. The van der Waals surface area contributed by atoms with Crippen molar-refractivity contribution < 1.29 is 31.1 Å². The lowest BCUT2D eigenvalue weighted by Gasteiger charge is -2.13. The predicted molar refractivity (Wildman–Crippen MR) is 77.9 cm³/mol. The summed E-state index contributed by atoms with van der Waals surface area (Å²) in [5, 5.41) is 0. The Kier molecular flexibility index (Phi) is 5.27. The second kappa shape index (κ2) is 6.88. The quantitative estimate of drug-likeness (QED) is 0.393. The fourth-order valence-electron chi connectivity index (χ4n) is 1.86. The third-order valence-electron chi connectivity index (χ3n) is 3.02. The van der Waals surface area contributed by atoms with Crippen molar-refractivity contribution >= 4 is 17.5 Å². The van der Waals surface area contributed by atoms with Gasteiger partial charge in [0.2, 0.25) is 0 Å². The van der Waals surface area contributed by atoms with Crippen molar-refractivity contribution in [3.05, 3.63) is 65.2 Å². The maximum atomic E-state index is 12.8. The molecule has 2 rings (SSSR count). The molecule has 0 saturated carbocycles. The van der Waals surface area contributed by atoms with Gasteiger partial charge in [0.05, 0.1) is 16.9 Å². The minimum absolute atomic E-state index is 0.00111. The van der Waals surface area contributed by atoms with E-state index in [0.29, 0.717) is 17.0 Å². The van der Waals surface area contributed by atoms with Gasteiger partial charge >= 0.3 is 12.4 Å². The van der Waals surface area contributed by atoms with Crippen LogP contribution in [0.25, 0.3) is 0 Å². The maximum absolute atomic E-state index is 12.8. The van der Waals surface area contributed by atoms with E-state index in [1.165, 1.54) is 0 Å². The molecule has 0 bridgehead atoms. The lowest BCUT2D eigenvalue weighted by molar-refractivity contribution is -0.143. The summed E-state index contributed by atoms with van der Waals surface area (Å²) in [6.07, 6.45) is -9.94. The molecule has 0 amide bonds. The average molecular weight is 364 g/mol. The molecule has 0 spiro atoms. The van der Waals surface area contributed by atoms with Gasteiger partial charge in [-0.25, -0.2) is 0 Å². The van der Waals surface area contributed by atoms with Gasteiger partial charge in [0.15, 0.2) is 5.78 Å². The van der Waals surface area contributed by atoms with E-state index in [0.717, 1.165) is 11.8 Å². The Hall–Kier alpha value is -1.96. The van der Waals surface area contributed by atoms with Crippen LogP contribution in [-0.2, 0) is 12.4 Å². The largest absolute Gasteiger partial charge is 0.416 e. The van der Waals surface area contributed by atoms with E-state index >= 15 is 0 Å². The van der Waals surface area contributed by atoms with Gasteiger partial charge in [0.25, 0.3) is 0 Å². The van der Waals surface area contributed by atoms with Crippen molar-refractivity contribution in [2.24, 2.45) is 0 Å². The van der Waals surface area contributed by atoms with Crippen molar-refractivity contribution in [1.82, 2.24) is 0 Å². The van der Waals surface area contributed by atoms with Crippen LogP contribution in [0.1, 0.15) is 21.5 Å². The Labute approximate surface area is 137 Å². The van der Waals surface area contributed by atoms with Crippen molar-refractivity contribution in [3.63, 3.8) is 0 Å². The van der Waals surface area contributed by atoms with Crippen LogP contribution in [0.3, 0.4) is 0 Å². The van der Waals surface area contributed by atoms with E-state index in [9.17, 15) is 31.1 Å². The molecule has 0 N–H and O–H groups in total. The number of halogens is 6. The second-order valence-electron chi connectivity index (χ2n) is 4.82. The standard InChI is InChI=1S/C16H10F6OS/c17-15(18,19)11-6-10(7-12(8-11)16(20,21)22)14(23)9-24-13-4-2-1-3-5-13/h1-8H,9H2. The van der Waals surface area contributed by atoms with Gasteiger partial charge in [-0.3, -0.25) is 4.79 Å². The lowest BCUT2D eigenvalue weighted by atomic mass is 10.0. The van der Waals surface area contributed by atoms with Gasteiger partial charge in [0.1, 0.15) is 0 Å². The number of carbonyl (C=O) groups excluding carboxylic acids is 1. The number of hydrogen-bond donors (Lipinski definition) is 0. The molecule has 1 nitrogen and oxygen atoms in total. The van der Waals surface area contributed by atoms with Crippen LogP contribution in [-0.4, -0.2) is 11.5 Å². The Morgan fingerprint density at radius 1 is 0.833 bits per heavy atom. The molecule has 2 aromatic rings. The van der Waals surface area contributed by atoms with Crippen LogP contribution in [0.15, 0.2) is 53.4 Å². The first-order chi connectivity index (χ1) is 11.1. The van der Waals surface area contributed by atoms with Crippen LogP contribution in [0, 0.1) is 0 Å². The number of thioether (sulfide) groups is 1. The highest BCUT2D eigenvalue weighted by atomic mass is 32.2. The first-order valence-corrected chi connectivity index (χ1v) is 7.56. The topological polar surface area (TPSA) is 17.1 Å². The van der Waals surface area contributed by atoms with Crippen molar-refractivity contribution in [3.8, 4) is 0 Å². The van der Waals surface area contributed by atoms with E-state index in [4.69, 9.17) is 0 Å². The maximum Gasteiger partial charge on any atom is 0.416 e. The molecule has 0 radical (unpaired) electrons. The van der Waals surface area contributed by atoms with Gasteiger partial charge in [-0.2, -0.15) is 26.3 Å². The average Bonchev–Trinajstić information content (AvgIpc) is 2.51. The third kappa shape index (κ3) is 4.77. The highest BCUT2D eigenvalue weighted by Gasteiger charge is 2.37. The summed E-state index contributed by atoms with van der Waals surface area (Å²) in [4.78, 5) is 12.7. The van der Waals surface area contributed by atoms with Crippen LogP contribution in [0.5, 0.6) is 0 Å². The molecule has 0 unspecified atom stereocenters. The smallest absolute Gasteiger partial charge is 0.293 e. The van der Waals surface area contributed by atoms with E-state index < -0.39 is 34.8 Å². The van der Waals surface area contributed by atoms with Crippen molar-refractivity contribution in [1.29, 1.82) is 0 Å². The van der Waals surface area contributed by atoms with Gasteiger partial charge in [-0.15, -0.1) is 11.8 Å². The first-order valence-electron chi connectivity index (χ1n) is 6.58. The molecule has 0 fully saturated rings. The number of alkyl halides is 6. The minimum atomic E-state index is -4.97. The van der Waals surface area contributed by atoms with Crippen molar-refractivity contribution in [2.75, 3.05) is 5.75 Å². The third-order valence-corrected chi connectivity index (χ3v) is 4.03. The Morgan fingerprint density at radius 3 is 1.79 bits per heavy atom. The summed E-state index contributed by atoms with van der Waals surface area (Å²) in [6, 6.07) is 9.43. The summed E-state index contributed by atoms with van der Waals surface area (Å²) in [5.74, 6) is -1.07. The number of rotatable bonds is 4. The zero-order chi connectivity index (χ0) is 18.0. The molecule has 0 aliphatic carbocycles. The van der Waals surface area contributed by atoms with Crippen LogP contribution >= 0.6 is 11.8 Å². The van der Waals surface area contributed by atoms with Crippen LogP contribution in [0.4, 0.5) is 26.3 Å².